The third kappa shape index (κ3) is 3.14. The third-order valence-electron chi connectivity index (χ3n) is 5.48. The fraction of sp³-hybridized carbons (Fsp3) is 0.167. The molecule has 1 N–H and O–H groups in total. The number of para-hydroxylation sites is 3. The summed E-state index contributed by atoms with van der Waals surface area (Å²) in [6, 6.07) is 24.5. The van der Waals surface area contributed by atoms with Crippen molar-refractivity contribution in [3.8, 4) is 11.5 Å². The van der Waals surface area contributed by atoms with E-state index in [1.54, 1.807) is 4.90 Å². The average molecular weight is 384 g/mol. The summed E-state index contributed by atoms with van der Waals surface area (Å²) in [5, 5.41) is 3.10. The largest absolute Gasteiger partial charge is 0.457 e. The van der Waals surface area contributed by atoms with Gasteiger partial charge in [0.1, 0.15) is 11.5 Å². The van der Waals surface area contributed by atoms with E-state index >= 15 is 0 Å². The molecule has 0 saturated carbocycles. The Morgan fingerprint density at radius 2 is 1.45 bits per heavy atom. The van der Waals surface area contributed by atoms with Crippen molar-refractivity contribution in [3.05, 3.63) is 90.0 Å². The molecule has 3 aromatic carbocycles. The Hall–Kier alpha value is -3.60. The molecule has 1 fully saturated rings. The molecule has 2 aliphatic heterocycles. The lowest BCUT2D eigenvalue weighted by molar-refractivity contribution is -0.122. The molecular formula is C24H20N2O3. The van der Waals surface area contributed by atoms with Crippen molar-refractivity contribution in [1.29, 1.82) is 0 Å². The molecule has 0 unspecified atom stereocenters. The lowest BCUT2D eigenvalue weighted by Crippen LogP contribution is -2.40. The molecule has 1 atom stereocenters. The molecule has 2 heterocycles. The van der Waals surface area contributed by atoms with Gasteiger partial charge in [-0.2, -0.15) is 0 Å². The van der Waals surface area contributed by atoms with E-state index in [4.69, 9.17) is 4.74 Å². The monoisotopic (exact) mass is 384 g/mol. The number of hydrogen-bond acceptors (Lipinski definition) is 3. The first-order valence-electron chi connectivity index (χ1n) is 9.72. The lowest BCUT2D eigenvalue weighted by atomic mass is 9.87. The summed E-state index contributed by atoms with van der Waals surface area (Å²) in [4.78, 5) is 27.6. The quantitative estimate of drug-likeness (QED) is 0.746. The third-order valence-corrected chi connectivity index (χ3v) is 5.48. The van der Waals surface area contributed by atoms with Crippen LogP contribution in [0.3, 0.4) is 0 Å². The van der Waals surface area contributed by atoms with Gasteiger partial charge in [0.05, 0.1) is 12.0 Å². The predicted molar refractivity (Wildman–Crippen MR) is 110 cm³/mol. The number of hydrogen-bond donors (Lipinski definition) is 1. The summed E-state index contributed by atoms with van der Waals surface area (Å²) >= 11 is 0. The molecule has 0 aromatic heterocycles. The van der Waals surface area contributed by atoms with Crippen LogP contribution < -0.4 is 15.0 Å². The summed E-state index contributed by atoms with van der Waals surface area (Å²) < 4.78 is 5.98. The minimum absolute atomic E-state index is 0.0225. The lowest BCUT2D eigenvalue weighted by Gasteiger charge is -2.28. The Morgan fingerprint density at radius 3 is 2.10 bits per heavy atom. The maximum Gasteiger partial charge on any atom is 0.232 e. The van der Waals surface area contributed by atoms with E-state index in [1.165, 1.54) is 0 Å². The van der Waals surface area contributed by atoms with E-state index in [0.29, 0.717) is 24.5 Å². The van der Waals surface area contributed by atoms with Gasteiger partial charge in [-0.1, -0.05) is 54.6 Å². The Labute approximate surface area is 168 Å². The molecule has 144 valence electrons. The van der Waals surface area contributed by atoms with Crippen molar-refractivity contribution in [2.45, 2.75) is 18.4 Å². The molecule has 5 rings (SSSR count). The van der Waals surface area contributed by atoms with Crippen LogP contribution >= 0.6 is 0 Å². The highest BCUT2D eigenvalue weighted by atomic mass is 16.5. The minimum Gasteiger partial charge on any atom is -0.457 e. The molecule has 0 bridgehead atoms. The van der Waals surface area contributed by atoms with E-state index in [1.807, 2.05) is 78.9 Å². The summed E-state index contributed by atoms with van der Waals surface area (Å²) in [5.41, 5.74) is 2.54. The highest BCUT2D eigenvalue weighted by Gasteiger charge is 2.36. The van der Waals surface area contributed by atoms with Gasteiger partial charge >= 0.3 is 0 Å². The Morgan fingerprint density at radius 1 is 0.862 bits per heavy atom. The van der Waals surface area contributed by atoms with Crippen molar-refractivity contribution >= 4 is 17.5 Å². The second-order valence-corrected chi connectivity index (χ2v) is 7.36. The number of nitrogens with one attached hydrogen (secondary N) is 1. The van der Waals surface area contributed by atoms with Crippen LogP contribution in [0.1, 0.15) is 23.5 Å². The highest BCUT2D eigenvalue weighted by Crippen LogP contribution is 2.44. The van der Waals surface area contributed by atoms with Gasteiger partial charge in [-0.05, 0) is 24.3 Å². The van der Waals surface area contributed by atoms with E-state index in [9.17, 15) is 9.59 Å². The molecule has 0 spiro atoms. The number of carbonyl (C=O) groups is 2. The summed E-state index contributed by atoms with van der Waals surface area (Å²) in [6.45, 7) is 0.473. The molecule has 2 amide bonds. The van der Waals surface area contributed by atoms with E-state index < -0.39 is 5.92 Å². The molecule has 0 aliphatic carbocycles. The van der Waals surface area contributed by atoms with Crippen molar-refractivity contribution in [2.24, 2.45) is 0 Å². The summed E-state index contributed by atoms with van der Waals surface area (Å²) in [5.74, 6) is 0.840. The Kier molecular flexibility index (Phi) is 4.28. The maximum absolute atomic E-state index is 13.3. The van der Waals surface area contributed by atoms with Crippen molar-refractivity contribution < 1.29 is 14.3 Å². The zero-order valence-electron chi connectivity index (χ0n) is 15.7. The molecule has 3 aromatic rings. The standard InChI is InChI=1S/C24H20N2O3/c27-22-14-16(15-26(22)17-8-2-1-3-9-17)25-24(28)23-18-10-4-6-12-20(18)29-21-13-7-5-11-19(21)23/h1-13,16,23H,14-15H2,(H,25,28)/t16-/m0/s1. The molecule has 5 heteroatoms. The van der Waals surface area contributed by atoms with Crippen molar-refractivity contribution in [3.63, 3.8) is 0 Å². The second kappa shape index (κ2) is 7.09. The Bertz CT molecular complexity index is 1030. The molecule has 2 aliphatic rings. The zero-order valence-corrected chi connectivity index (χ0v) is 15.7. The first-order chi connectivity index (χ1) is 14.2. The minimum atomic E-state index is -0.461. The number of nitrogens with zero attached hydrogens (tertiary/aromatic N) is 1. The van der Waals surface area contributed by atoms with Gasteiger partial charge in [0.15, 0.2) is 0 Å². The van der Waals surface area contributed by atoms with Gasteiger partial charge in [0, 0.05) is 29.8 Å². The number of amides is 2. The van der Waals surface area contributed by atoms with Crippen LogP contribution in [0.4, 0.5) is 5.69 Å². The van der Waals surface area contributed by atoms with E-state index in [2.05, 4.69) is 5.32 Å². The topological polar surface area (TPSA) is 58.6 Å². The molecule has 0 radical (unpaired) electrons. The fourth-order valence-corrected chi connectivity index (χ4v) is 4.14. The molecular weight excluding hydrogens is 364 g/mol. The number of carbonyl (C=O) groups excluding carboxylic acids is 2. The number of ether oxygens (including phenoxy) is 1. The molecule has 5 nitrogen and oxygen atoms in total. The Balaban J connectivity index is 1.40. The zero-order chi connectivity index (χ0) is 19.8. The normalized spacial score (nSPS) is 18.0. The summed E-state index contributed by atoms with van der Waals surface area (Å²) in [6.07, 6.45) is 0.299. The van der Waals surface area contributed by atoms with Gasteiger partial charge < -0.3 is 15.0 Å². The smallest absolute Gasteiger partial charge is 0.232 e. The van der Waals surface area contributed by atoms with Crippen LogP contribution in [0.5, 0.6) is 11.5 Å². The SMILES string of the molecule is O=C(N[C@H]1CC(=O)N(c2ccccc2)C1)C1c2ccccc2Oc2ccccc21. The van der Waals surface area contributed by atoms with Crippen LogP contribution in [0.15, 0.2) is 78.9 Å². The van der Waals surface area contributed by atoms with E-state index in [-0.39, 0.29) is 17.9 Å². The number of anilines is 1. The highest BCUT2D eigenvalue weighted by molar-refractivity contribution is 5.97. The molecule has 1 saturated heterocycles. The second-order valence-electron chi connectivity index (χ2n) is 7.36. The maximum atomic E-state index is 13.3. The number of benzene rings is 3. The van der Waals surface area contributed by atoms with Crippen LogP contribution in [-0.2, 0) is 9.59 Å². The van der Waals surface area contributed by atoms with E-state index in [0.717, 1.165) is 16.8 Å². The van der Waals surface area contributed by atoms with Gasteiger partial charge in [-0.25, -0.2) is 0 Å². The van der Waals surface area contributed by atoms with Gasteiger partial charge in [0.2, 0.25) is 11.8 Å². The molecule has 29 heavy (non-hydrogen) atoms. The first kappa shape index (κ1) is 17.5. The van der Waals surface area contributed by atoms with Crippen LogP contribution in [0.2, 0.25) is 0 Å². The predicted octanol–water partition coefficient (Wildman–Crippen LogP) is 3.85. The van der Waals surface area contributed by atoms with Gasteiger partial charge in [-0.3, -0.25) is 9.59 Å². The van der Waals surface area contributed by atoms with Crippen LogP contribution in [0, 0.1) is 0 Å². The first-order valence-corrected chi connectivity index (χ1v) is 9.72. The van der Waals surface area contributed by atoms with Gasteiger partial charge in [0.25, 0.3) is 0 Å². The fourth-order valence-electron chi connectivity index (χ4n) is 4.14. The average Bonchev–Trinajstić information content (AvgIpc) is 3.12. The summed E-state index contributed by atoms with van der Waals surface area (Å²) in [7, 11) is 0. The van der Waals surface area contributed by atoms with Crippen LogP contribution in [-0.4, -0.2) is 24.4 Å². The number of fused-ring (bicyclic) bond motifs is 2. The van der Waals surface area contributed by atoms with Crippen molar-refractivity contribution in [1.82, 2.24) is 5.32 Å². The van der Waals surface area contributed by atoms with Crippen LogP contribution in [0.25, 0.3) is 0 Å². The van der Waals surface area contributed by atoms with Crippen molar-refractivity contribution in [2.75, 3.05) is 11.4 Å². The van der Waals surface area contributed by atoms with Gasteiger partial charge in [-0.15, -0.1) is 0 Å². The number of rotatable bonds is 3.